The van der Waals surface area contributed by atoms with Gasteiger partial charge in [-0.05, 0) is 59.7 Å². The number of aromatic amines is 2. The van der Waals surface area contributed by atoms with Crippen LogP contribution in [0.25, 0.3) is 44.8 Å². The Morgan fingerprint density at radius 3 is 1.43 bits per heavy atom. The van der Waals surface area contributed by atoms with E-state index in [4.69, 9.17) is 9.97 Å². The third-order valence-corrected chi connectivity index (χ3v) is 7.10. The van der Waals surface area contributed by atoms with Gasteiger partial charge < -0.3 is 20.6 Å². The van der Waals surface area contributed by atoms with Crippen LogP contribution in [-0.2, 0) is 13.1 Å². The third kappa shape index (κ3) is 4.78. The third-order valence-electron chi connectivity index (χ3n) is 7.10. The molecule has 0 aliphatic heterocycles. The monoisotopic (exact) mass is 520 g/mol. The summed E-state index contributed by atoms with van der Waals surface area (Å²) in [4.78, 5) is 16.5. The Morgan fingerprint density at radius 1 is 0.475 bits per heavy atom. The summed E-state index contributed by atoms with van der Waals surface area (Å²) in [6.45, 7) is 1.42. The molecule has 6 nitrogen and oxygen atoms in total. The molecular formula is C34H28N6. The normalized spacial score (nSPS) is 11.2. The average molecular weight is 521 g/mol. The fourth-order valence-electron chi connectivity index (χ4n) is 5.09. The van der Waals surface area contributed by atoms with E-state index in [-0.39, 0.29) is 0 Å². The number of para-hydroxylation sites is 6. The highest BCUT2D eigenvalue weighted by Gasteiger charge is 2.11. The van der Waals surface area contributed by atoms with Crippen molar-refractivity contribution >= 4 is 33.4 Å². The quantitative estimate of drug-likeness (QED) is 0.164. The fourth-order valence-corrected chi connectivity index (χ4v) is 5.09. The SMILES string of the molecule is c1cc(CNc2ccccc2-c2nc3ccccc3[nH]2)cc(CNc2ccccc2-c2nc3ccccc3[nH]2)c1. The Balaban J connectivity index is 1.06. The van der Waals surface area contributed by atoms with Crippen molar-refractivity contribution in [2.75, 3.05) is 10.6 Å². The average Bonchev–Trinajstić information content (AvgIpc) is 3.64. The van der Waals surface area contributed by atoms with Crippen molar-refractivity contribution in [3.63, 3.8) is 0 Å². The molecule has 194 valence electrons. The highest BCUT2D eigenvalue weighted by atomic mass is 15.0. The predicted molar refractivity (Wildman–Crippen MR) is 164 cm³/mol. The molecule has 0 atom stereocenters. The van der Waals surface area contributed by atoms with Gasteiger partial charge in [-0.15, -0.1) is 0 Å². The van der Waals surface area contributed by atoms with Crippen LogP contribution in [0.4, 0.5) is 11.4 Å². The molecule has 0 bridgehead atoms. The van der Waals surface area contributed by atoms with E-state index in [0.29, 0.717) is 13.1 Å². The molecule has 2 heterocycles. The number of fused-ring (bicyclic) bond motifs is 2. The molecule has 0 saturated carbocycles. The molecule has 0 saturated heterocycles. The molecule has 40 heavy (non-hydrogen) atoms. The minimum absolute atomic E-state index is 0.709. The zero-order valence-corrected chi connectivity index (χ0v) is 21.9. The zero-order chi connectivity index (χ0) is 26.7. The second-order valence-corrected chi connectivity index (χ2v) is 9.82. The van der Waals surface area contributed by atoms with Crippen LogP contribution in [0.2, 0.25) is 0 Å². The summed E-state index contributed by atoms with van der Waals surface area (Å²) < 4.78 is 0. The molecule has 6 heteroatoms. The van der Waals surface area contributed by atoms with Gasteiger partial charge in [0.15, 0.2) is 0 Å². The van der Waals surface area contributed by atoms with Gasteiger partial charge in [-0.2, -0.15) is 0 Å². The van der Waals surface area contributed by atoms with Crippen molar-refractivity contribution < 1.29 is 0 Å². The van der Waals surface area contributed by atoms with E-state index in [1.807, 2.05) is 60.7 Å². The van der Waals surface area contributed by atoms with Crippen molar-refractivity contribution in [1.82, 2.24) is 19.9 Å². The molecule has 0 aliphatic carbocycles. The van der Waals surface area contributed by atoms with Crippen LogP contribution in [0.1, 0.15) is 11.1 Å². The predicted octanol–water partition coefficient (Wildman–Crippen LogP) is 8.00. The largest absolute Gasteiger partial charge is 0.380 e. The zero-order valence-electron chi connectivity index (χ0n) is 21.9. The molecule has 5 aromatic carbocycles. The summed E-state index contributed by atoms with van der Waals surface area (Å²) in [5.41, 5.74) is 10.6. The minimum atomic E-state index is 0.709. The van der Waals surface area contributed by atoms with Gasteiger partial charge in [0.05, 0.1) is 22.1 Å². The van der Waals surface area contributed by atoms with Crippen molar-refractivity contribution in [2.45, 2.75) is 13.1 Å². The van der Waals surface area contributed by atoms with Crippen LogP contribution in [0.15, 0.2) is 121 Å². The van der Waals surface area contributed by atoms with Gasteiger partial charge in [0.25, 0.3) is 0 Å². The number of benzene rings is 5. The maximum absolute atomic E-state index is 4.80. The number of H-pyrrole nitrogens is 2. The number of hydrogen-bond acceptors (Lipinski definition) is 4. The van der Waals surface area contributed by atoms with Crippen molar-refractivity contribution in [3.05, 3.63) is 132 Å². The van der Waals surface area contributed by atoms with Crippen molar-refractivity contribution in [3.8, 4) is 22.8 Å². The molecule has 7 aromatic rings. The van der Waals surface area contributed by atoms with E-state index >= 15 is 0 Å². The van der Waals surface area contributed by atoms with Crippen LogP contribution < -0.4 is 10.6 Å². The van der Waals surface area contributed by atoms with E-state index in [1.54, 1.807) is 0 Å². The molecule has 0 radical (unpaired) electrons. The second-order valence-electron chi connectivity index (χ2n) is 9.82. The van der Waals surface area contributed by atoms with Gasteiger partial charge in [0.1, 0.15) is 11.6 Å². The molecular weight excluding hydrogens is 492 g/mol. The summed E-state index contributed by atoms with van der Waals surface area (Å²) in [6, 6.07) is 41.5. The van der Waals surface area contributed by atoms with Crippen LogP contribution in [0, 0.1) is 0 Å². The number of aromatic nitrogens is 4. The van der Waals surface area contributed by atoms with Gasteiger partial charge in [-0.1, -0.05) is 72.8 Å². The molecule has 7 rings (SSSR count). The first-order chi connectivity index (χ1) is 19.8. The lowest BCUT2D eigenvalue weighted by Gasteiger charge is -2.13. The smallest absolute Gasteiger partial charge is 0.140 e. The van der Waals surface area contributed by atoms with Crippen LogP contribution in [0.3, 0.4) is 0 Å². The van der Waals surface area contributed by atoms with Gasteiger partial charge in [-0.25, -0.2) is 9.97 Å². The molecule has 4 N–H and O–H groups in total. The Labute approximate surface area is 232 Å². The van der Waals surface area contributed by atoms with Gasteiger partial charge >= 0.3 is 0 Å². The first kappa shape index (κ1) is 23.7. The first-order valence-electron chi connectivity index (χ1n) is 13.4. The van der Waals surface area contributed by atoms with E-state index in [2.05, 4.69) is 81.3 Å². The maximum Gasteiger partial charge on any atom is 0.140 e. The molecule has 0 spiro atoms. The molecule has 0 unspecified atom stereocenters. The van der Waals surface area contributed by atoms with E-state index < -0.39 is 0 Å². The second kappa shape index (κ2) is 10.4. The Morgan fingerprint density at radius 2 is 0.925 bits per heavy atom. The van der Waals surface area contributed by atoms with Gasteiger partial charge in [0.2, 0.25) is 0 Å². The molecule has 0 aliphatic rings. The highest BCUT2D eigenvalue weighted by molar-refractivity contribution is 5.84. The highest BCUT2D eigenvalue weighted by Crippen LogP contribution is 2.29. The van der Waals surface area contributed by atoms with Gasteiger partial charge in [0, 0.05) is 35.6 Å². The van der Waals surface area contributed by atoms with Crippen molar-refractivity contribution in [2.24, 2.45) is 0 Å². The lowest BCUT2D eigenvalue weighted by molar-refractivity contribution is 1.10. The Kier molecular flexibility index (Phi) is 6.18. The first-order valence-corrected chi connectivity index (χ1v) is 13.4. The standard InChI is InChI=1S/C34H28N6/c1-3-14-27(25(12-1)33-37-29-16-5-6-17-30(29)38-33)35-21-23-10-9-11-24(20-23)22-36-28-15-4-2-13-26(28)34-39-31-18-7-8-19-32(31)40-34/h1-20,35-36H,21-22H2,(H,37,38)(H,39,40). The lowest BCUT2D eigenvalue weighted by Crippen LogP contribution is -2.04. The minimum Gasteiger partial charge on any atom is -0.380 e. The number of imidazole rings is 2. The summed E-state index contributed by atoms with van der Waals surface area (Å²) in [7, 11) is 0. The Bertz CT molecular complexity index is 1730. The van der Waals surface area contributed by atoms with Gasteiger partial charge in [-0.3, -0.25) is 0 Å². The number of nitrogens with zero attached hydrogens (tertiary/aromatic N) is 2. The number of hydrogen-bond donors (Lipinski definition) is 4. The summed E-state index contributed by atoms with van der Waals surface area (Å²) in [5, 5.41) is 7.25. The van der Waals surface area contributed by atoms with E-state index in [1.165, 1.54) is 11.1 Å². The molecule has 0 fully saturated rings. The fraction of sp³-hybridized carbons (Fsp3) is 0.0588. The summed E-state index contributed by atoms with van der Waals surface area (Å²) in [6.07, 6.45) is 0. The number of anilines is 2. The van der Waals surface area contributed by atoms with Crippen LogP contribution in [-0.4, -0.2) is 19.9 Å². The maximum atomic E-state index is 4.80. The molecule has 0 amide bonds. The number of nitrogens with one attached hydrogen (secondary N) is 4. The number of rotatable bonds is 8. The van der Waals surface area contributed by atoms with E-state index in [9.17, 15) is 0 Å². The van der Waals surface area contributed by atoms with Crippen LogP contribution >= 0.6 is 0 Å². The van der Waals surface area contributed by atoms with E-state index in [0.717, 1.165) is 56.2 Å². The summed E-state index contributed by atoms with van der Waals surface area (Å²) in [5.74, 6) is 1.73. The van der Waals surface area contributed by atoms with Crippen molar-refractivity contribution in [1.29, 1.82) is 0 Å². The Hall–Kier alpha value is -5.36. The topological polar surface area (TPSA) is 81.4 Å². The lowest BCUT2D eigenvalue weighted by atomic mass is 10.1. The van der Waals surface area contributed by atoms with Crippen LogP contribution in [0.5, 0.6) is 0 Å². The summed E-state index contributed by atoms with van der Waals surface area (Å²) >= 11 is 0. The molecule has 2 aromatic heterocycles.